The number of fused-ring (bicyclic) bond motifs is 1. The van der Waals surface area contributed by atoms with Gasteiger partial charge in [-0.2, -0.15) is 0 Å². The smallest absolute Gasteiger partial charge is 0.268 e. The van der Waals surface area contributed by atoms with Crippen LogP contribution in [-0.2, 0) is 9.63 Å². The maximum atomic E-state index is 12.3. The molecular formula is C17H14N2O4. The second-order valence-electron chi connectivity index (χ2n) is 5.26. The van der Waals surface area contributed by atoms with Gasteiger partial charge in [0.25, 0.3) is 5.91 Å². The van der Waals surface area contributed by atoms with Gasteiger partial charge in [0.15, 0.2) is 11.5 Å². The van der Waals surface area contributed by atoms with Crippen LogP contribution >= 0.6 is 0 Å². The second-order valence-corrected chi connectivity index (χ2v) is 5.26. The van der Waals surface area contributed by atoms with Gasteiger partial charge < -0.3 is 19.6 Å². The van der Waals surface area contributed by atoms with E-state index in [2.05, 4.69) is 10.5 Å². The summed E-state index contributed by atoms with van der Waals surface area (Å²) >= 11 is 0. The van der Waals surface area contributed by atoms with E-state index in [0.717, 1.165) is 11.3 Å². The van der Waals surface area contributed by atoms with E-state index in [9.17, 15) is 4.79 Å². The van der Waals surface area contributed by atoms with Crippen LogP contribution in [0.15, 0.2) is 53.7 Å². The van der Waals surface area contributed by atoms with E-state index in [1.807, 2.05) is 30.3 Å². The fraction of sp³-hybridized carbons (Fsp3) is 0.176. The summed E-state index contributed by atoms with van der Waals surface area (Å²) in [6, 6.07) is 14.9. The third kappa shape index (κ3) is 2.70. The van der Waals surface area contributed by atoms with Crippen molar-refractivity contribution in [3.63, 3.8) is 0 Å². The minimum Gasteiger partial charge on any atom is -0.454 e. The molecule has 0 saturated carbocycles. The summed E-state index contributed by atoms with van der Waals surface area (Å²) < 4.78 is 10.5. The number of hydrogen-bond donors (Lipinski definition) is 1. The Morgan fingerprint density at radius 1 is 1.09 bits per heavy atom. The molecule has 2 aromatic carbocycles. The third-order valence-electron chi connectivity index (χ3n) is 3.71. The van der Waals surface area contributed by atoms with Crippen LogP contribution < -0.4 is 14.8 Å². The zero-order chi connectivity index (χ0) is 15.6. The minimum atomic E-state index is -0.629. The number of oxime groups is 1. The summed E-state index contributed by atoms with van der Waals surface area (Å²) in [6.07, 6.45) is -0.184. The van der Waals surface area contributed by atoms with Gasteiger partial charge in [-0.3, -0.25) is 4.79 Å². The van der Waals surface area contributed by atoms with Gasteiger partial charge in [-0.25, -0.2) is 0 Å². The molecule has 0 radical (unpaired) electrons. The molecule has 2 aromatic rings. The van der Waals surface area contributed by atoms with Gasteiger partial charge in [-0.1, -0.05) is 35.5 Å². The molecule has 1 N–H and O–H groups in total. The van der Waals surface area contributed by atoms with Crippen molar-refractivity contribution in [2.75, 3.05) is 12.1 Å². The number of carbonyl (C=O) groups is 1. The number of benzene rings is 2. The van der Waals surface area contributed by atoms with E-state index in [4.69, 9.17) is 14.3 Å². The lowest BCUT2D eigenvalue weighted by molar-refractivity contribution is -0.125. The highest BCUT2D eigenvalue weighted by Gasteiger charge is 2.29. The van der Waals surface area contributed by atoms with E-state index in [-0.39, 0.29) is 12.7 Å². The van der Waals surface area contributed by atoms with Gasteiger partial charge in [0.05, 0.1) is 5.71 Å². The molecule has 0 unspecified atom stereocenters. The number of ether oxygens (including phenoxy) is 2. The Bertz CT molecular complexity index is 773. The van der Waals surface area contributed by atoms with E-state index in [0.29, 0.717) is 23.6 Å². The van der Waals surface area contributed by atoms with Crippen LogP contribution in [0, 0.1) is 0 Å². The molecule has 2 aliphatic heterocycles. The predicted molar refractivity (Wildman–Crippen MR) is 83.7 cm³/mol. The highest BCUT2D eigenvalue weighted by Crippen LogP contribution is 2.34. The first kappa shape index (κ1) is 13.6. The number of hydrogen-bond acceptors (Lipinski definition) is 5. The fourth-order valence-electron chi connectivity index (χ4n) is 2.52. The Morgan fingerprint density at radius 2 is 1.91 bits per heavy atom. The quantitative estimate of drug-likeness (QED) is 0.946. The highest BCUT2D eigenvalue weighted by molar-refractivity contribution is 6.06. The van der Waals surface area contributed by atoms with Gasteiger partial charge in [0.2, 0.25) is 12.9 Å². The van der Waals surface area contributed by atoms with Crippen LogP contribution in [0.2, 0.25) is 0 Å². The van der Waals surface area contributed by atoms with E-state index < -0.39 is 6.10 Å². The van der Waals surface area contributed by atoms with Gasteiger partial charge in [0, 0.05) is 18.2 Å². The van der Waals surface area contributed by atoms with Crippen LogP contribution in [0.5, 0.6) is 11.5 Å². The SMILES string of the molecule is O=C(Nc1ccc2c(c1)OCO2)[C@@H]1CC(c2ccccc2)=NO1. The van der Waals surface area contributed by atoms with Gasteiger partial charge >= 0.3 is 0 Å². The third-order valence-corrected chi connectivity index (χ3v) is 3.71. The molecule has 0 aromatic heterocycles. The molecule has 116 valence electrons. The molecule has 1 atom stereocenters. The lowest BCUT2D eigenvalue weighted by Crippen LogP contribution is -2.28. The standard InChI is InChI=1S/C17H14N2O4/c20-17(18-12-6-7-14-15(8-12)22-10-21-14)16-9-13(19-23-16)11-4-2-1-3-5-11/h1-8,16H,9-10H2,(H,18,20)/t16-/m0/s1. The molecule has 1 amide bonds. The Balaban J connectivity index is 1.41. The Hall–Kier alpha value is -3.02. The van der Waals surface area contributed by atoms with E-state index >= 15 is 0 Å². The van der Waals surface area contributed by atoms with Crippen LogP contribution in [0.4, 0.5) is 5.69 Å². The molecule has 0 fully saturated rings. The minimum absolute atomic E-state index is 0.201. The maximum absolute atomic E-state index is 12.3. The topological polar surface area (TPSA) is 69.2 Å². The molecule has 0 bridgehead atoms. The maximum Gasteiger partial charge on any atom is 0.268 e. The number of anilines is 1. The van der Waals surface area contributed by atoms with Gasteiger partial charge in [-0.15, -0.1) is 0 Å². The Kier molecular flexibility index (Phi) is 3.34. The zero-order valence-corrected chi connectivity index (χ0v) is 12.2. The number of nitrogens with zero attached hydrogens (tertiary/aromatic N) is 1. The van der Waals surface area contributed by atoms with Crippen molar-refractivity contribution in [3.8, 4) is 11.5 Å². The monoisotopic (exact) mass is 310 g/mol. The highest BCUT2D eigenvalue weighted by atomic mass is 16.7. The van der Waals surface area contributed by atoms with E-state index in [1.54, 1.807) is 18.2 Å². The average Bonchev–Trinajstić information content (AvgIpc) is 3.24. The lowest BCUT2D eigenvalue weighted by Gasteiger charge is -2.10. The van der Waals surface area contributed by atoms with Gasteiger partial charge in [-0.05, 0) is 17.7 Å². The van der Waals surface area contributed by atoms with Gasteiger partial charge in [0.1, 0.15) is 0 Å². The predicted octanol–water partition coefficient (Wildman–Crippen LogP) is 2.55. The average molecular weight is 310 g/mol. The number of amides is 1. The molecule has 0 spiro atoms. The summed E-state index contributed by atoms with van der Waals surface area (Å²) in [5, 5.41) is 6.83. The fourth-order valence-corrected chi connectivity index (χ4v) is 2.52. The zero-order valence-electron chi connectivity index (χ0n) is 12.2. The van der Waals surface area contributed by atoms with Crippen molar-refractivity contribution in [2.24, 2.45) is 5.16 Å². The van der Waals surface area contributed by atoms with Crippen molar-refractivity contribution < 1.29 is 19.1 Å². The molecule has 6 heteroatoms. The molecule has 6 nitrogen and oxygen atoms in total. The first-order valence-electron chi connectivity index (χ1n) is 7.28. The van der Waals surface area contributed by atoms with Crippen LogP contribution in [-0.4, -0.2) is 24.5 Å². The lowest BCUT2D eigenvalue weighted by atomic mass is 10.0. The number of nitrogens with one attached hydrogen (secondary N) is 1. The summed E-state index contributed by atoms with van der Waals surface area (Å²) in [5.41, 5.74) is 2.37. The largest absolute Gasteiger partial charge is 0.454 e. The van der Waals surface area contributed by atoms with Crippen molar-refractivity contribution in [3.05, 3.63) is 54.1 Å². The van der Waals surface area contributed by atoms with Crippen molar-refractivity contribution in [1.29, 1.82) is 0 Å². The molecule has 0 aliphatic carbocycles. The first-order valence-corrected chi connectivity index (χ1v) is 7.28. The second kappa shape index (κ2) is 5.64. The normalized spacial score (nSPS) is 18.3. The summed E-state index contributed by atoms with van der Waals surface area (Å²) in [7, 11) is 0. The summed E-state index contributed by atoms with van der Waals surface area (Å²) in [6.45, 7) is 0.201. The van der Waals surface area contributed by atoms with Crippen LogP contribution in [0.3, 0.4) is 0 Å². The van der Waals surface area contributed by atoms with Crippen LogP contribution in [0.25, 0.3) is 0 Å². The molecule has 2 aliphatic rings. The molecule has 2 heterocycles. The van der Waals surface area contributed by atoms with E-state index in [1.165, 1.54) is 0 Å². The molecule has 4 rings (SSSR count). The molecule has 0 saturated heterocycles. The summed E-state index contributed by atoms with van der Waals surface area (Å²) in [4.78, 5) is 17.6. The van der Waals surface area contributed by atoms with Crippen molar-refractivity contribution in [2.45, 2.75) is 12.5 Å². The molecular weight excluding hydrogens is 296 g/mol. The van der Waals surface area contributed by atoms with Crippen molar-refractivity contribution >= 4 is 17.3 Å². The Morgan fingerprint density at radius 3 is 2.78 bits per heavy atom. The number of rotatable bonds is 3. The van der Waals surface area contributed by atoms with Crippen molar-refractivity contribution in [1.82, 2.24) is 0 Å². The number of carbonyl (C=O) groups excluding carboxylic acids is 1. The van der Waals surface area contributed by atoms with Crippen LogP contribution in [0.1, 0.15) is 12.0 Å². The molecule has 23 heavy (non-hydrogen) atoms. The summed E-state index contributed by atoms with van der Waals surface area (Å²) in [5.74, 6) is 1.06. The Labute approximate surface area is 132 Å². The first-order chi connectivity index (χ1) is 11.3.